The molecule has 1 saturated heterocycles. The van der Waals surface area contributed by atoms with Crippen LogP contribution in [0.25, 0.3) is 0 Å². The smallest absolute Gasteiger partial charge is 0.191 e. The molecular weight excluding hydrogens is 390 g/mol. The van der Waals surface area contributed by atoms with Crippen molar-refractivity contribution in [3.63, 3.8) is 0 Å². The Morgan fingerprint density at radius 3 is 2.97 bits per heavy atom. The Morgan fingerprint density at radius 1 is 1.35 bits per heavy atom. The molecule has 1 unspecified atom stereocenters. The Morgan fingerprint density at radius 2 is 2.23 bits per heavy atom. The van der Waals surface area contributed by atoms with E-state index in [0.717, 1.165) is 55.8 Å². The van der Waals surface area contributed by atoms with Gasteiger partial charge in [-0.15, -0.1) is 0 Å². The average Bonchev–Trinajstić information content (AvgIpc) is 3.41. The van der Waals surface area contributed by atoms with Gasteiger partial charge in [-0.2, -0.15) is 0 Å². The van der Waals surface area contributed by atoms with Crippen molar-refractivity contribution in [3.8, 4) is 5.75 Å². The lowest BCUT2D eigenvalue weighted by Gasteiger charge is -2.16. The van der Waals surface area contributed by atoms with E-state index in [1.807, 2.05) is 12.4 Å². The third-order valence-electron chi connectivity index (χ3n) is 5.25. The maximum atomic E-state index is 6.16. The van der Waals surface area contributed by atoms with Gasteiger partial charge < -0.3 is 24.7 Å². The number of nitrogens with zero attached hydrogens (tertiary/aromatic N) is 3. The van der Waals surface area contributed by atoms with Crippen molar-refractivity contribution < 1.29 is 9.47 Å². The van der Waals surface area contributed by atoms with Crippen LogP contribution >= 0.6 is 0 Å². The van der Waals surface area contributed by atoms with Crippen LogP contribution in [0, 0.1) is 18.8 Å². The molecule has 7 nitrogen and oxygen atoms in total. The summed E-state index contributed by atoms with van der Waals surface area (Å²) in [7, 11) is 0. The fourth-order valence-corrected chi connectivity index (χ4v) is 3.58. The number of guanidine groups is 1. The second-order valence-corrected chi connectivity index (χ2v) is 8.59. The maximum absolute atomic E-state index is 6.16. The Bertz CT molecular complexity index is 840. The van der Waals surface area contributed by atoms with Gasteiger partial charge in [-0.05, 0) is 37.8 Å². The Kier molecular flexibility index (Phi) is 8.76. The highest BCUT2D eigenvalue weighted by Crippen LogP contribution is 2.23. The molecule has 0 bridgehead atoms. The minimum Gasteiger partial charge on any atom is -0.493 e. The zero-order chi connectivity index (χ0) is 22.1. The largest absolute Gasteiger partial charge is 0.493 e. The van der Waals surface area contributed by atoms with Crippen molar-refractivity contribution >= 4 is 5.96 Å². The van der Waals surface area contributed by atoms with Gasteiger partial charge in [-0.25, -0.2) is 9.98 Å². The normalized spacial score (nSPS) is 16.7. The van der Waals surface area contributed by atoms with Gasteiger partial charge >= 0.3 is 0 Å². The lowest BCUT2D eigenvalue weighted by atomic mass is 10.1. The van der Waals surface area contributed by atoms with Crippen molar-refractivity contribution in [2.75, 3.05) is 26.4 Å². The first kappa shape index (κ1) is 23.1. The van der Waals surface area contributed by atoms with E-state index in [0.29, 0.717) is 31.5 Å². The monoisotopic (exact) mass is 427 g/mol. The van der Waals surface area contributed by atoms with Crippen molar-refractivity contribution in [2.24, 2.45) is 16.8 Å². The molecule has 1 aromatic heterocycles. The van der Waals surface area contributed by atoms with E-state index in [9.17, 15) is 0 Å². The molecule has 2 aromatic rings. The van der Waals surface area contributed by atoms with Gasteiger partial charge in [0, 0.05) is 43.6 Å². The van der Waals surface area contributed by atoms with Gasteiger partial charge in [0.2, 0.25) is 0 Å². The molecule has 170 valence electrons. The lowest BCUT2D eigenvalue weighted by molar-refractivity contribution is 0.166. The summed E-state index contributed by atoms with van der Waals surface area (Å²) in [6, 6.07) is 6.32. The molecule has 0 spiro atoms. The van der Waals surface area contributed by atoms with E-state index in [2.05, 4.69) is 66.1 Å². The molecular formula is C24H37N5O2. The first-order valence-corrected chi connectivity index (χ1v) is 11.4. The number of hydrogen-bond acceptors (Lipinski definition) is 4. The SMILES string of the molecule is CCNC(=NCc1ccc(C)cc1OCC1CCOC1)NCc1nccn1CC(C)C. The van der Waals surface area contributed by atoms with Crippen LogP contribution in [-0.2, 0) is 24.4 Å². The minimum absolute atomic E-state index is 0.477. The first-order valence-electron chi connectivity index (χ1n) is 11.4. The molecule has 31 heavy (non-hydrogen) atoms. The van der Waals surface area contributed by atoms with Crippen LogP contribution in [0.15, 0.2) is 35.6 Å². The van der Waals surface area contributed by atoms with Gasteiger partial charge in [0.15, 0.2) is 5.96 Å². The summed E-state index contributed by atoms with van der Waals surface area (Å²) in [4.78, 5) is 9.29. The molecule has 1 aliphatic rings. The van der Waals surface area contributed by atoms with Crippen LogP contribution in [0.3, 0.4) is 0 Å². The van der Waals surface area contributed by atoms with Crippen LogP contribution in [0.5, 0.6) is 5.75 Å². The molecule has 0 aliphatic carbocycles. The van der Waals surface area contributed by atoms with Gasteiger partial charge in [0.1, 0.15) is 11.6 Å². The van der Waals surface area contributed by atoms with E-state index in [-0.39, 0.29) is 0 Å². The number of hydrogen-bond donors (Lipinski definition) is 2. The van der Waals surface area contributed by atoms with Gasteiger partial charge in [0.25, 0.3) is 0 Å². The molecule has 1 aromatic carbocycles. The Hall–Kier alpha value is -2.54. The Labute approximate surface area is 186 Å². The molecule has 1 atom stereocenters. The number of nitrogens with one attached hydrogen (secondary N) is 2. The van der Waals surface area contributed by atoms with Crippen LogP contribution < -0.4 is 15.4 Å². The van der Waals surface area contributed by atoms with Crippen molar-refractivity contribution in [1.82, 2.24) is 20.2 Å². The molecule has 0 amide bonds. The zero-order valence-electron chi connectivity index (χ0n) is 19.4. The number of rotatable bonds is 10. The molecule has 0 saturated carbocycles. The molecule has 2 heterocycles. The summed E-state index contributed by atoms with van der Waals surface area (Å²) in [6.45, 7) is 13.8. The summed E-state index contributed by atoms with van der Waals surface area (Å²) >= 11 is 0. The van der Waals surface area contributed by atoms with Crippen LogP contribution in [0.1, 0.15) is 44.1 Å². The number of aromatic nitrogens is 2. The highest BCUT2D eigenvalue weighted by molar-refractivity contribution is 5.79. The molecule has 1 aliphatic heterocycles. The van der Waals surface area contributed by atoms with E-state index < -0.39 is 0 Å². The van der Waals surface area contributed by atoms with Crippen molar-refractivity contribution in [2.45, 2.75) is 53.8 Å². The van der Waals surface area contributed by atoms with Crippen molar-refractivity contribution in [3.05, 3.63) is 47.5 Å². The fraction of sp³-hybridized carbons (Fsp3) is 0.583. The topological polar surface area (TPSA) is 72.7 Å². The number of imidazole rings is 1. The summed E-state index contributed by atoms with van der Waals surface area (Å²) in [6.07, 6.45) is 4.96. The second kappa shape index (κ2) is 11.7. The fourth-order valence-electron chi connectivity index (χ4n) is 3.58. The third kappa shape index (κ3) is 7.28. The van der Waals surface area contributed by atoms with Crippen LogP contribution in [0.2, 0.25) is 0 Å². The van der Waals surface area contributed by atoms with Crippen LogP contribution in [-0.4, -0.2) is 41.9 Å². The van der Waals surface area contributed by atoms with E-state index in [4.69, 9.17) is 14.5 Å². The number of benzene rings is 1. The van der Waals surface area contributed by atoms with Crippen molar-refractivity contribution in [1.29, 1.82) is 0 Å². The predicted octanol–water partition coefficient (Wildman–Crippen LogP) is 3.52. The van der Waals surface area contributed by atoms with Gasteiger partial charge in [0.05, 0.1) is 26.3 Å². The predicted molar refractivity (Wildman–Crippen MR) is 124 cm³/mol. The highest BCUT2D eigenvalue weighted by atomic mass is 16.5. The number of aliphatic imine (C=N–C) groups is 1. The van der Waals surface area contributed by atoms with Crippen LogP contribution in [0.4, 0.5) is 0 Å². The van der Waals surface area contributed by atoms with E-state index in [1.54, 1.807) is 0 Å². The summed E-state index contributed by atoms with van der Waals surface area (Å²) in [5.41, 5.74) is 2.27. The average molecular weight is 428 g/mol. The summed E-state index contributed by atoms with van der Waals surface area (Å²) in [5, 5.41) is 6.74. The standard InChI is InChI=1S/C24H37N5O2/c1-5-25-24(28-14-23-26-9-10-29(23)15-18(2)3)27-13-21-7-6-19(4)12-22(21)31-17-20-8-11-30-16-20/h6-7,9-10,12,18,20H,5,8,11,13-17H2,1-4H3,(H2,25,27,28). The Balaban J connectivity index is 1.63. The summed E-state index contributed by atoms with van der Waals surface area (Å²) in [5.74, 6) is 3.75. The zero-order valence-corrected chi connectivity index (χ0v) is 19.4. The van der Waals surface area contributed by atoms with E-state index >= 15 is 0 Å². The first-order chi connectivity index (χ1) is 15.0. The summed E-state index contributed by atoms with van der Waals surface area (Å²) < 4.78 is 13.8. The quantitative estimate of drug-likeness (QED) is 0.448. The van der Waals surface area contributed by atoms with E-state index in [1.165, 1.54) is 5.56 Å². The number of ether oxygens (including phenoxy) is 2. The lowest BCUT2D eigenvalue weighted by Crippen LogP contribution is -2.37. The van der Waals surface area contributed by atoms with Gasteiger partial charge in [-0.1, -0.05) is 26.0 Å². The maximum Gasteiger partial charge on any atom is 0.191 e. The molecule has 2 N–H and O–H groups in total. The molecule has 7 heteroatoms. The van der Waals surface area contributed by atoms with Gasteiger partial charge in [-0.3, -0.25) is 0 Å². The molecule has 3 rings (SSSR count). The molecule has 0 radical (unpaired) electrons. The molecule has 1 fully saturated rings. The minimum atomic E-state index is 0.477. The second-order valence-electron chi connectivity index (χ2n) is 8.59. The highest BCUT2D eigenvalue weighted by Gasteiger charge is 2.17. The third-order valence-corrected chi connectivity index (χ3v) is 5.25. The number of aryl methyl sites for hydroxylation is 1.